The molecule has 0 saturated carbocycles. The lowest BCUT2D eigenvalue weighted by atomic mass is 9.99. The molecule has 1 aliphatic heterocycles. The zero-order valence-corrected chi connectivity index (χ0v) is 12.1. The Morgan fingerprint density at radius 1 is 1.30 bits per heavy atom. The van der Waals surface area contributed by atoms with Gasteiger partial charge >= 0.3 is 6.18 Å². The lowest BCUT2D eigenvalue weighted by Crippen LogP contribution is -2.45. The second-order valence-corrected chi connectivity index (χ2v) is 5.35. The number of nitrogens with one attached hydrogen (secondary N) is 1. The minimum absolute atomic E-state index is 0.0631. The zero-order valence-electron chi connectivity index (χ0n) is 11.3. The van der Waals surface area contributed by atoms with Crippen LogP contribution in [-0.4, -0.2) is 31.1 Å². The van der Waals surface area contributed by atoms with Crippen molar-refractivity contribution < 1.29 is 13.2 Å². The molecule has 0 aromatic heterocycles. The molecule has 2 nitrogen and oxygen atoms in total. The van der Waals surface area contributed by atoms with Crippen molar-refractivity contribution in [2.75, 3.05) is 26.2 Å². The van der Waals surface area contributed by atoms with E-state index in [1.807, 2.05) is 6.92 Å². The Hall–Kier alpha value is -0.780. The van der Waals surface area contributed by atoms with Crippen LogP contribution in [0.3, 0.4) is 0 Å². The van der Waals surface area contributed by atoms with Crippen molar-refractivity contribution >= 4 is 11.6 Å². The molecule has 0 spiro atoms. The third-order valence-corrected chi connectivity index (χ3v) is 4.01. The minimum Gasteiger partial charge on any atom is -0.314 e. The van der Waals surface area contributed by atoms with E-state index in [4.69, 9.17) is 11.6 Å². The molecule has 20 heavy (non-hydrogen) atoms. The maximum absolute atomic E-state index is 12.8. The second-order valence-electron chi connectivity index (χ2n) is 4.94. The first-order valence-corrected chi connectivity index (χ1v) is 7.12. The molecule has 1 aliphatic rings. The molecular weight excluding hydrogens is 289 g/mol. The van der Waals surface area contributed by atoms with E-state index in [1.165, 1.54) is 12.1 Å². The van der Waals surface area contributed by atoms with E-state index in [9.17, 15) is 13.2 Å². The van der Waals surface area contributed by atoms with Crippen molar-refractivity contribution in [3.8, 4) is 0 Å². The molecule has 1 aromatic carbocycles. The number of hydrogen-bond acceptors (Lipinski definition) is 2. The molecule has 1 N–H and O–H groups in total. The van der Waals surface area contributed by atoms with Crippen LogP contribution in [0.5, 0.6) is 0 Å². The molecule has 0 radical (unpaired) electrons. The van der Waals surface area contributed by atoms with Crippen LogP contribution in [0.15, 0.2) is 18.2 Å². The summed E-state index contributed by atoms with van der Waals surface area (Å²) in [6.07, 6.45) is -3.60. The summed E-state index contributed by atoms with van der Waals surface area (Å²) in [4.78, 5) is 2.19. The van der Waals surface area contributed by atoms with Gasteiger partial charge in [0.05, 0.1) is 5.56 Å². The van der Waals surface area contributed by atoms with Crippen LogP contribution in [0.1, 0.15) is 30.5 Å². The van der Waals surface area contributed by atoms with Crippen LogP contribution in [0.25, 0.3) is 0 Å². The van der Waals surface area contributed by atoms with Crippen molar-refractivity contribution in [2.45, 2.75) is 25.6 Å². The summed E-state index contributed by atoms with van der Waals surface area (Å²) in [5.74, 6) is 0. The number of piperazine rings is 1. The maximum Gasteiger partial charge on any atom is 0.416 e. The fourth-order valence-corrected chi connectivity index (χ4v) is 2.89. The Bertz CT molecular complexity index is 456. The number of halogens is 4. The van der Waals surface area contributed by atoms with Gasteiger partial charge in [0.2, 0.25) is 0 Å². The van der Waals surface area contributed by atoms with E-state index in [0.717, 1.165) is 38.7 Å². The highest BCUT2D eigenvalue weighted by Gasteiger charge is 2.32. The highest BCUT2D eigenvalue weighted by Crippen LogP contribution is 2.36. The predicted octanol–water partition coefficient (Wildman–Crippen LogP) is 3.72. The summed E-state index contributed by atoms with van der Waals surface area (Å²) in [7, 11) is 0. The number of hydrogen-bond donors (Lipinski definition) is 1. The Morgan fingerprint density at radius 3 is 2.50 bits per heavy atom. The Kier molecular flexibility index (Phi) is 4.94. The molecule has 0 aliphatic carbocycles. The zero-order chi connectivity index (χ0) is 14.8. The number of rotatable bonds is 3. The number of alkyl halides is 3. The van der Waals surface area contributed by atoms with Crippen molar-refractivity contribution in [2.24, 2.45) is 0 Å². The summed E-state index contributed by atoms with van der Waals surface area (Å²) in [5.41, 5.74) is -0.0589. The first-order valence-electron chi connectivity index (χ1n) is 6.75. The van der Waals surface area contributed by atoms with Crippen molar-refractivity contribution in [3.05, 3.63) is 34.3 Å². The highest BCUT2D eigenvalue weighted by molar-refractivity contribution is 6.31. The molecule has 112 valence electrons. The Morgan fingerprint density at radius 2 is 1.95 bits per heavy atom. The lowest BCUT2D eigenvalue weighted by Gasteiger charge is -2.35. The first-order chi connectivity index (χ1) is 9.43. The topological polar surface area (TPSA) is 15.3 Å². The van der Waals surface area contributed by atoms with Gasteiger partial charge in [-0.3, -0.25) is 4.90 Å². The number of benzene rings is 1. The van der Waals surface area contributed by atoms with Gasteiger partial charge in [-0.05, 0) is 30.2 Å². The maximum atomic E-state index is 12.8. The summed E-state index contributed by atoms with van der Waals surface area (Å²) in [6.45, 7) is 5.33. The third-order valence-electron chi connectivity index (χ3n) is 3.66. The summed E-state index contributed by atoms with van der Waals surface area (Å²) in [6, 6.07) is 3.52. The van der Waals surface area contributed by atoms with Gasteiger partial charge in [-0.2, -0.15) is 13.2 Å². The van der Waals surface area contributed by atoms with Crippen LogP contribution in [0, 0.1) is 0 Å². The Labute approximate surface area is 121 Å². The van der Waals surface area contributed by atoms with E-state index in [0.29, 0.717) is 10.6 Å². The van der Waals surface area contributed by atoms with Crippen molar-refractivity contribution in [3.63, 3.8) is 0 Å². The summed E-state index contributed by atoms with van der Waals surface area (Å²) >= 11 is 6.13. The molecule has 0 unspecified atom stereocenters. The molecule has 1 fully saturated rings. The normalized spacial score (nSPS) is 19.1. The van der Waals surface area contributed by atoms with E-state index < -0.39 is 11.7 Å². The van der Waals surface area contributed by atoms with Gasteiger partial charge in [-0.1, -0.05) is 18.5 Å². The van der Waals surface area contributed by atoms with Crippen LogP contribution >= 0.6 is 11.6 Å². The van der Waals surface area contributed by atoms with Gasteiger partial charge in [-0.25, -0.2) is 0 Å². The summed E-state index contributed by atoms with van der Waals surface area (Å²) in [5, 5.41) is 3.65. The van der Waals surface area contributed by atoms with Crippen LogP contribution in [-0.2, 0) is 6.18 Å². The molecule has 6 heteroatoms. The van der Waals surface area contributed by atoms with Gasteiger partial charge in [-0.15, -0.1) is 0 Å². The van der Waals surface area contributed by atoms with Gasteiger partial charge in [0.15, 0.2) is 0 Å². The van der Waals surface area contributed by atoms with Gasteiger partial charge < -0.3 is 5.32 Å². The first kappa shape index (κ1) is 15.6. The van der Waals surface area contributed by atoms with Gasteiger partial charge in [0.1, 0.15) is 0 Å². The highest BCUT2D eigenvalue weighted by atomic mass is 35.5. The van der Waals surface area contributed by atoms with Crippen LogP contribution in [0.2, 0.25) is 5.02 Å². The van der Waals surface area contributed by atoms with E-state index in [2.05, 4.69) is 10.2 Å². The lowest BCUT2D eigenvalue weighted by molar-refractivity contribution is -0.137. The molecule has 2 rings (SSSR count). The molecule has 1 saturated heterocycles. The summed E-state index contributed by atoms with van der Waals surface area (Å²) < 4.78 is 38.5. The SMILES string of the molecule is CC[C@@H](c1cc(C(F)(F)F)ccc1Cl)N1CCNCC1. The smallest absolute Gasteiger partial charge is 0.314 e. The van der Waals surface area contributed by atoms with Gasteiger partial charge in [0, 0.05) is 37.2 Å². The quantitative estimate of drug-likeness (QED) is 0.915. The fraction of sp³-hybridized carbons (Fsp3) is 0.571. The predicted molar refractivity (Wildman–Crippen MR) is 73.9 cm³/mol. The average Bonchev–Trinajstić information content (AvgIpc) is 2.41. The monoisotopic (exact) mass is 306 g/mol. The Balaban J connectivity index is 2.32. The minimum atomic E-state index is -4.33. The number of nitrogens with zero attached hydrogens (tertiary/aromatic N) is 1. The standard InChI is InChI=1S/C14H18ClF3N2/c1-2-13(20-7-5-19-6-8-20)11-9-10(14(16,17)18)3-4-12(11)15/h3-4,9,13,19H,2,5-8H2,1H3/t13-/m0/s1. The molecular formula is C14H18ClF3N2. The van der Waals surface area contributed by atoms with E-state index >= 15 is 0 Å². The van der Waals surface area contributed by atoms with E-state index in [-0.39, 0.29) is 6.04 Å². The molecule has 0 amide bonds. The molecule has 0 bridgehead atoms. The molecule has 1 heterocycles. The third kappa shape index (κ3) is 3.45. The van der Waals surface area contributed by atoms with Gasteiger partial charge in [0.25, 0.3) is 0 Å². The molecule has 1 atom stereocenters. The van der Waals surface area contributed by atoms with E-state index in [1.54, 1.807) is 0 Å². The van der Waals surface area contributed by atoms with Crippen molar-refractivity contribution in [1.29, 1.82) is 0 Å². The van der Waals surface area contributed by atoms with Crippen molar-refractivity contribution in [1.82, 2.24) is 10.2 Å². The van der Waals surface area contributed by atoms with Crippen LogP contribution < -0.4 is 5.32 Å². The second kappa shape index (κ2) is 6.33. The average molecular weight is 307 g/mol. The molecule has 1 aromatic rings. The fourth-order valence-electron chi connectivity index (χ4n) is 2.64. The van der Waals surface area contributed by atoms with Crippen LogP contribution in [0.4, 0.5) is 13.2 Å². The largest absolute Gasteiger partial charge is 0.416 e.